The molecule has 2 heterocycles. The van der Waals surface area contributed by atoms with Crippen LogP contribution in [0.5, 0.6) is 5.75 Å². The van der Waals surface area contributed by atoms with Crippen molar-refractivity contribution >= 4 is 66.8 Å². The molecule has 1 aromatic heterocycles. The number of phenolic OH excluding ortho intramolecular Hbond substituents is 1. The van der Waals surface area contributed by atoms with Gasteiger partial charge >= 0.3 is 0 Å². The molecule has 0 atom stereocenters. The Morgan fingerprint density at radius 1 is 1.29 bits per heavy atom. The summed E-state index contributed by atoms with van der Waals surface area (Å²) in [6.45, 7) is 0. The molecule has 1 aliphatic heterocycles. The van der Waals surface area contributed by atoms with Gasteiger partial charge in [0.1, 0.15) is 11.6 Å². The highest BCUT2D eigenvalue weighted by molar-refractivity contribution is 9.11. The summed E-state index contributed by atoms with van der Waals surface area (Å²) in [7, 11) is 0. The van der Waals surface area contributed by atoms with Gasteiger partial charge in [0.05, 0.1) is 19.5 Å². The Balaban J connectivity index is 2.16. The van der Waals surface area contributed by atoms with Crippen molar-refractivity contribution in [2.75, 3.05) is 5.32 Å². The summed E-state index contributed by atoms with van der Waals surface area (Å²) in [6.07, 6.45) is 3.24. The second-order valence-corrected chi connectivity index (χ2v) is 6.48. The number of carbonyl (C=O) groups is 1. The molecular formula is C14H7Br2ClN2O2. The summed E-state index contributed by atoms with van der Waals surface area (Å²) < 4.78 is 1.05. The van der Waals surface area contributed by atoms with E-state index in [1.54, 1.807) is 24.3 Å². The van der Waals surface area contributed by atoms with Crippen molar-refractivity contribution in [1.29, 1.82) is 0 Å². The van der Waals surface area contributed by atoms with Crippen molar-refractivity contribution in [3.8, 4) is 5.75 Å². The normalized spacial score (nSPS) is 15.2. The van der Waals surface area contributed by atoms with Crippen molar-refractivity contribution in [2.45, 2.75) is 0 Å². The Morgan fingerprint density at radius 3 is 2.62 bits per heavy atom. The summed E-state index contributed by atoms with van der Waals surface area (Å²) in [5.74, 6) is 0.301. The van der Waals surface area contributed by atoms with Crippen molar-refractivity contribution < 1.29 is 9.90 Å². The predicted molar refractivity (Wildman–Crippen MR) is 89.3 cm³/mol. The Morgan fingerprint density at radius 2 is 1.95 bits per heavy atom. The van der Waals surface area contributed by atoms with Crippen LogP contribution in [0, 0.1) is 0 Å². The molecule has 0 fully saturated rings. The van der Waals surface area contributed by atoms with E-state index < -0.39 is 0 Å². The third-order valence-electron chi connectivity index (χ3n) is 3.00. The fraction of sp³-hybridized carbons (Fsp3) is 0. The van der Waals surface area contributed by atoms with E-state index in [-0.39, 0.29) is 11.7 Å². The molecule has 106 valence electrons. The van der Waals surface area contributed by atoms with Gasteiger partial charge in [0.2, 0.25) is 0 Å². The number of aromatic nitrogens is 1. The molecule has 21 heavy (non-hydrogen) atoms. The van der Waals surface area contributed by atoms with E-state index in [4.69, 9.17) is 11.6 Å². The highest BCUT2D eigenvalue weighted by atomic mass is 79.9. The fourth-order valence-corrected chi connectivity index (χ4v) is 3.52. The Labute approximate surface area is 142 Å². The second-order valence-electron chi connectivity index (χ2n) is 4.36. The largest absolute Gasteiger partial charge is 0.506 e. The van der Waals surface area contributed by atoms with Gasteiger partial charge in [-0.15, -0.1) is 0 Å². The van der Waals surface area contributed by atoms with Crippen LogP contribution in [0.4, 0.5) is 5.82 Å². The van der Waals surface area contributed by atoms with Gasteiger partial charge in [0.25, 0.3) is 5.91 Å². The van der Waals surface area contributed by atoms with Crippen LogP contribution in [-0.4, -0.2) is 16.0 Å². The minimum Gasteiger partial charge on any atom is -0.506 e. The maximum atomic E-state index is 12.1. The molecular weight excluding hydrogens is 423 g/mol. The number of fused-ring (bicyclic) bond motifs is 1. The van der Waals surface area contributed by atoms with Crippen LogP contribution in [0.2, 0.25) is 5.02 Å². The van der Waals surface area contributed by atoms with Crippen LogP contribution in [0.3, 0.4) is 0 Å². The Hall–Kier alpha value is -1.37. The maximum Gasteiger partial charge on any atom is 0.257 e. The van der Waals surface area contributed by atoms with Crippen LogP contribution in [0.15, 0.2) is 33.3 Å². The average molecular weight is 430 g/mol. The minimum absolute atomic E-state index is 0.105. The lowest BCUT2D eigenvalue weighted by Crippen LogP contribution is -2.04. The number of hydrogen-bond donors (Lipinski definition) is 2. The average Bonchev–Trinajstić information content (AvgIpc) is 2.74. The fourth-order valence-electron chi connectivity index (χ4n) is 2.05. The number of amides is 1. The van der Waals surface area contributed by atoms with Gasteiger partial charge in [-0.1, -0.05) is 11.6 Å². The van der Waals surface area contributed by atoms with Crippen molar-refractivity contribution in [3.63, 3.8) is 0 Å². The maximum absolute atomic E-state index is 12.1. The molecule has 4 nitrogen and oxygen atoms in total. The molecule has 7 heteroatoms. The summed E-state index contributed by atoms with van der Waals surface area (Å²) in [4.78, 5) is 16.2. The zero-order valence-corrected chi connectivity index (χ0v) is 14.3. The first-order valence-electron chi connectivity index (χ1n) is 5.83. The Kier molecular flexibility index (Phi) is 3.77. The van der Waals surface area contributed by atoms with Gasteiger partial charge in [-0.25, -0.2) is 4.98 Å². The number of carbonyl (C=O) groups excluding carboxylic acids is 1. The monoisotopic (exact) mass is 428 g/mol. The first kappa shape index (κ1) is 14.6. The van der Waals surface area contributed by atoms with Crippen molar-refractivity contribution in [3.05, 3.63) is 49.5 Å². The quantitative estimate of drug-likeness (QED) is 0.657. The van der Waals surface area contributed by atoms with Gasteiger partial charge in [0, 0.05) is 11.8 Å². The standard InChI is InChI=1S/C14H7Br2ClN2O2/c15-8-4-6(5-9(16)12(8)20)3-7-11-10(17)1-2-18-13(11)19-14(7)21/h1-5,20H,(H,18,19,21)/b7-3-. The number of halogens is 3. The summed E-state index contributed by atoms with van der Waals surface area (Å²) >= 11 is 12.7. The van der Waals surface area contributed by atoms with Crippen molar-refractivity contribution in [1.82, 2.24) is 4.98 Å². The summed E-state index contributed by atoms with van der Waals surface area (Å²) in [6, 6.07) is 5.06. The highest BCUT2D eigenvalue weighted by Crippen LogP contribution is 2.38. The highest BCUT2D eigenvalue weighted by Gasteiger charge is 2.27. The first-order chi connectivity index (χ1) is 9.97. The van der Waals surface area contributed by atoms with Crippen molar-refractivity contribution in [2.24, 2.45) is 0 Å². The SMILES string of the molecule is O=C1Nc2nccc(Cl)c2/C1=C/c1cc(Br)c(O)c(Br)c1. The van der Waals surface area contributed by atoms with E-state index in [1.165, 1.54) is 6.20 Å². The molecule has 0 spiro atoms. The first-order valence-corrected chi connectivity index (χ1v) is 7.79. The lowest BCUT2D eigenvalue weighted by molar-refractivity contribution is -0.110. The van der Waals surface area contributed by atoms with Gasteiger partial charge in [-0.05, 0) is 61.7 Å². The number of benzene rings is 1. The van der Waals surface area contributed by atoms with Crippen LogP contribution in [-0.2, 0) is 4.79 Å². The molecule has 0 saturated carbocycles. The lowest BCUT2D eigenvalue weighted by Gasteiger charge is -2.04. The third-order valence-corrected chi connectivity index (χ3v) is 4.52. The van der Waals surface area contributed by atoms with E-state index in [9.17, 15) is 9.90 Å². The van der Waals surface area contributed by atoms with E-state index in [2.05, 4.69) is 42.2 Å². The topological polar surface area (TPSA) is 62.2 Å². The molecule has 2 aromatic rings. The number of pyridine rings is 1. The molecule has 1 aromatic carbocycles. The number of nitrogens with zero attached hydrogens (tertiary/aromatic N) is 1. The summed E-state index contributed by atoms with van der Waals surface area (Å²) in [5.41, 5.74) is 1.77. The lowest BCUT2D eigenvalue weighted by atomic mass is 10.1. The van der Waals surface area contributed by atoms with E-state index in [0.29, 0.717) is 30.9 Å². The molecule has 0 aliphatic carbocycles. The number of nitrogens with one attached hydrogen (secondary N) is 1. The van der Waals surface area contributed by atoms with Gasteiger partial charge in [0.15, 0.2) is 0 Å². The molecule has 3 rings (SSSR count). The third kappa shape index (κ3) is 2.59. The number of hydrogen-bond acceptors (Lipinski definition) is 3. The van der Waals surface area contributed by atoms with E-state index in [0.717, 1.165) is 5.56 Å². The van der Waals surface area contributed by atoms with E-state index in [1.807, 2.05) is 0 Å². The number of aromatic hydroxyl groups is 1. The number of rotatable bonds is 1. The number of anilines is 1. The zero-order chi connectivity index (χ0) is 15.1. The smallest absolute Gasteiger partial charge is 0.257 e. The second kappa shape index (κ2) is 5.44. The minimum atomic E-state index is -0.258. The van der Waals surface area contributed by atoms with Gasteiger partial charge < -0.3 is 10.4 Å². The molecule has 1 amide bonds. The predicted octanol–water partition coefficient (Wildman–Crippen LogP) is 4.46. The van der Waals surface area contributed by atoms with E-state index >= 15 is 0 Å². The van der Waals surface area contributed by atoms with Crippen LogP contribution in [0.1, 0.15) is 11.1 Å². The van der Waals surface area contributed by atoms with Crippen LogP contribution < -0.4 is 5.32 Å². The van der Waals surface area contributed by atoms with Crippen LogP contribution >= 0.6 is 43.5 Å². The molecule has 0 radical (unpaired) electrons. The summed E-state index contributed by atoms with van der Waals surface area (Å²) in [5, 5.41) is 12.9. The molecule has 0 saturated heterocycles. The molecule has 1 aliphatic rings. The molecule has 2 N–H and O–H groups in total. The van der Waals surface area contributed by atoms with Gasteiger partial charge in [-0.2, -0.15) is 0 Å². The Bertz CT molecular complexity index is 783. The molecule has 0 unspecified atom stereocenters. The number of phenols is 1. The zero-order valence-electron chi connectivity index (χ0n) is 10.3. The van der Waals surface area contributed by atoms with Gasteiger partial charge in [-0.3, -0.25) is 4.79 Å². The molecule has 0 bridgehead atoms. The van der Waals surface area contributed by atoms with Crippen LogP contribution in [0.25, 0.3) is 11.6 Å².